The highest BCUT2D eigenvalue weighted by Gasteiger charge is 2.29. The lowest BCUT2D eigenvalue weighted by Gasteiger charge is -2.31. The van der Waals surface area contributed by atoms with Gasteiger partial charge in [0.25, 0.3) is 0 Å². The molecular weight excluding hydrogens is 158 g/mol. The molecule has 6 heteroatoms. The smallest absolute Gasteiger partial charge is 0.336 e. The SMILES string of the molecule is CN(C1COC1)S(=O)(=O)O. The molecule has 1 rings (SSSR count). The molecule has 0 aromatic carbocycles. The van der Waals surface area contributed by atoms with Crippen LogP contribution in [-0.4, -0.2) is 43.6 Å². The Morgan fingerprint density at radius 3 is 2.20 bits per heavy atom. The first kappa shape index (κ1) is 7.93. The van der Waals surface area contributed by atoms with Crippen molar-refractivity contribution in [2.75, 3.05) is 20.3 Å². The molecule has 0 atom stereocenters. The monoisotopic (exact) mass is 167 g/mol. The summed E-state index contributed by atoms with van der Waals surface area (Å²) >= 11 is 0. The van der Waals surface area contributed by atoms with E-state index in [0.717, 1.165) is 4.31 Å². The van der Waals surface area contributed by atoms with Gasteiger partial charge in [0.15, 0.2) is 0 Å². The van der Waals surface area contributed by atoms with Crippen LogP contribution >= 0.6 is 0 Å². The fraction of sp³-hybridized carbons (Fsp3) is 1.00. The Kier molecular flexibility index (Phi) is 1.95. The summed E-state index contributed by atoms with van der Waals surface area (Å²) in [6.45, 7) is 0.743. The third-order valence-electron chi connectivity index (χ3n) is 1.50. The summed E-state index contributed by atoms with van der Waals surface area (Å²) in [4.78, 5) is 0. The Morgan fingerprint density at radius 2 is 2.10 bits per heavy atom. The highest BCUT2D eigenvalue weighted by atomic mass is 32.2. The minimum absolute atomic E-state index is 0.185. The van der Waals surface area contributed by atoms with Gasteiger partial charge in [-0.05, 0) is 0 Å². The van der Waals surface area contributed by atoms with Gasteiger partial charge in [-0.15, -0.1) is 0 Å². The fourth-order valence-corrected chi connectivity index (χ4v) is 1.12. The van der Waals surface area contributed by atoms with E-state index in [-0.39, 0.29) is 6.04 Å². The second kappa shape index (κ2) is 2.46. The van der Waals surface area contributed by atoms with Gasteiger partial charge in [-0.2, -0.15) is 12.7 Å². The van der Waals surface area contributed by atoms with Crippen molar-refractivity contribution in [1.29, 1.82) is 0 Å². The first-order valence-corrected chi connectivity index (χ1v) is 4.19. The van der Waals surface area contributed by atoms with Crippen molar-refractivity contribution in [1.82, 2.24) is 4.31 Å². The largest absolute Gasteiger partial charge is 0.378 e. The Labute approximate surface area is 59.5 Å². The minimum atomic E-state index is -4.01. The zero-order chi connectivity index (χ0) is 7.78. The lowest BCUT2D eigenvalue weighted by Crippen LogP contribution is -2.49. The van der Waals surface area contributed by atoms with Crippen LogP contribution in [0.15, 0.2) is 0 Å². The average Bonchev–Trinajstić information content (AvgIpc) is 1.57. The van der Waals surface area contributed by atoms with E-state index in [4.69, 9.17) is 9.29 Å². The van der Waals surface area contributed by atoms with Crippen LogP contribution < -0.4 is 0 Å². The Morgan fingerprint density at radius 1 is 1.60 bits per heavy atom. The second-order valence-corrected chi connectivity index (χ2v) is 3.66. The molecule has 1 aliphatic rings. The van der Waals surface area contributed by atoms with Crippen molar-refractivity contribution < 1.29 is 17.7 Å². The van der Waals surface area contributed by atoms with E-state index >= 15 is 0 Å². The fourth-order valence-electron chi connectivity index (χ4n) is 0.622. The highest BCUT2D eigenvalue weighted by molar-refractivity contribution is 7.83. The molecule has 1 N–H and O–H groups in total. The Balaban J connectivity index is 2.56. The van der Waals surface area contributed by atoms with Crippen LogP contribution in [0.5, 0.6) is 0 Å². The van der Waals surface area contributed by atoms with Crippen LogP contribution in [0.3, 0.4) is 0 Å². The summed E-state index contributed by atoms with van der Waals surface area (Å²) in [5.74, 6) is 0. The van der Waals surface area contributed by atoms with E-state index in [1.807, 2.05) is 0 Å². The van der Waals surface area contributed by atoms with E-state index in [2.05, 4.69) is 0 Å². The van der Waals surface area contributed by atoms with Gasteiger partial charge in [-0.25, -0.2) is 0 Å². The predicted octanol–water partition coefficient (Wildman–Crippen LogP) is -0.880. The summed E-state index contributed by atoms with van der Waals surface area (Å²) in [6, 6.07) is -0.185. The Bertz CT molecular complexity index is 207. The number of likely N-dealkylation sites (N-methyl/N-ethyl adjacent to an activating group) is 1. The maximum absolute atomic E-state index is 10.4. The lowest BCUT2D eigenvalue weighted by molar-refractivity contribution is -0.0326. The third-order valence-corrected chi connectivity index (χ3v) is 2.52. The van der Waals surface area contributed by atoms with E-state index in [1.165, 1.54) is 7.05 Å². The molecule has 10 heavy (non-hydrogen) atoms. The normalized spacial score (nSPS) is 21.1. The first-order valence-electron chi connectivity index (χ1n) is 2.80. The van der Waals surface area contributed by atoms with Gasteiger partial charge >= 0.3 is 10.3 Å². The van der Waals surface area contributed by atoms with Crippen LogP contribution in [0.25, 0.3) is 0 Å². The molecule has 60 valence electrons. The Hall–Kier alpha value is -0.170. The molecule has 0 aromatic rings. The molecule has 0 saturated carbocycles. The summed E-state index contributed by atoms with van der Waals surface area (Å²) in [6.07, 6.45) is 0. The van der Waals surface area contributed by atoms with E-state index < -0.39 is 10.3 Å². The maximum Gasteiger partial charge on any atom is 0.336 e. The number of rotatable bonds is 2. The van der Waals surface area contributed by atoms with Crippen molar-refractivity contribution in [2.45, 2.75) is 6.04 Å². The first-order chi connectivity index (χ1) is 4.52. The summed E-state index contributed by atoms with van der Waals surface area (Å²) in [7, 11) is -2.69. The molecule has 0 spiro atoms. The van der Waals surface area contributed by atoms with Gasteiger partial charge in [0, 0.05) is 7.05 Å². The molecule has 1 saturated heterocycles. The molecule has 1 aliphatic heterocycles. The lowest BCUT2D eigenvalue weighted by atomic mass is 10.3. The standard InChI is InChI=1S/C4H9NO4S/c1-5(10(6,7)8)4-2-9-3-4/h4H,2-3H2,1H3,(H,6,7,8). The predicted molar refractivity (Wildman–Crippen MR) is 33.9 cm³/mol. The minimum Gasteiger partial charge on any atom is -0.378 e. The summed E-state index contributed by atoms with van der Waals surface area (Å²) < 4.78 is 34.9. The number of hydrogen-bond acceptors (Lipinski definition) is 3. The van der Waals surface area contributed by atoms with Gasteiger partial charge in [0.2, 0.25) is 0 Å². The molecule has 0 aromatic heterocycles. The molecule has 0 radical (unpaired) electrons. The van der Waals surface area contributed by atoms with E-state index in [0.29, 0.717) is 13.2 Å². The topological polar surface area (TPSA) is 66.8 Å². The maximum atomic E-state index is 10.4. The molecule has 1 fully saturated rings. The highest BCUT2D eigenvalue weighted by Crippen LogP contribution is 2.10. The zero-order valence-corrected chi connectivity index (χ0v) is 6.34. The van der Waals surface area contributed by atoms with E-state index in [1.54, 1.807) is 0 Å². The third kappa shape index (κ3) is 1.46. The van der Waals surface area contributed by atoms with E-state index in [9.17, 15) is 8.42 Å². The second-order valence-electron chi connectivity index (χ2n) is 2.19. The van der Waals surface area contributed by atoms with Crippen LogP contribution in [0.1, 0.15) is 0 Å². The molecular formula is C4H9NO4S. The van der Waals surface area contributed by atoms with Crippen LogP contribution in [0, 0.1) is 0 Å². The van der Waals surface area contributed by atoms with Gasteiger partial charge in [0.1, 0.15) is 0 Å². The average molecular weight is 167 g/mol. The van der Waals surface area contributed by atoms with Gasteiger partial charge in [-0.3, -0.25) is 4.55 Å². The zero-order valence-electron chi connectivity index (χ0n) is 5.52. The van der Waals surface area contributed by atoms with Crippen LogP contribution in [0.2, 0.25) is 0 Å². The van der Waals surface area contributed by atoms with Crippen molar-refractivity contribution >= 4 is 10.3 Å². The van der Waals surface area contributed by atoms with Gasteiger partial charge in [0.05, 0.1) is 19.3 Å². The molecule has 0 amide bonds. The van der Waals surface area contributed by atoms with Gasteiger partial charge < -0.3 is 4.74 Å². The molecule has 0 unspecified atom stereocenters. The summed E-state index contributed by atoms with van der Waals surface area (Å²) in [5.41, 5.74) is 0. The van der Waals surface area contributed by atoms with Crippen LogP contribution in [-0.2, 0) is 15.0 Å². The quantitative estimate of drug-likeness (QED) is 0.542. The molecule has 0 bridgehead atoms. The van der Waals surface area contributed by atoms with Crippen molar-refractivity contribution in [2.24, 2.45) is 0 Å². The summed E-state index contributed by atoms with van der Waals surface area (Å²) in [5, 5.41) is 0. The van der Waals surface area contributed by atoms with Crippen molar-refractivity contribution in [3.63, 3.8) is 0 Å². The number of nitrogens with zero attached hydrogens (tertiary/aromatic N) is 1. The molecule has 5 nitrogen and oxygen atoms in total. The molecule has 1 heterocycles. The number of ether oxygens (including phenoxy) is 1. The number of hydrogen-bond donors (Lipinski definition) is 1. The molecule has 0 aliphatic carbocycles. The van der Waals surface area contributed by atoms with Gasteiger partial charge in [-0.1, -0.05) is 0 Å². The van der Waals surface area contributed by atoms with Crippen molar-refractivity contribution in [3.8, 4) is 0 Å². The van der Waals surface area contributed by atoms with Crippen LogP contribution in [0.4, 0.5) is 0 Å². The van der Waals surface area contributed by atoms with Crippen molar-refractivity contribution in [3.05, 3.63) is 0 Å².